The van der Waals surface area contributed by atoms with Gasteiger partial charge in [-0.25, -0.2) is 4.68 Å². The summed E-state index contributed by atoms with van der Waals surface area (Å²) in [4.78, 5) is 0.873. The number of tetrazole rings is 1. The lowest BCUT2D eigenvalue weighted by molar-refractivity contribution is 0.423. The maximum Gasteiger partial charge on any atom is 0.214 e. The zero-order valence-electron chi connectivity index (χ0n) is 10.9. The summed E-state index contributed by atoms with van der Waals surface area (Å²) in [7, 11) is 0. The average molecular weight is 286 g/mol. The van der Waals surface area contributed by atoms with Crippen LogP contribution in [0.5, 0.6) is 0 Å². The molecule has 1 saturated carbocycles. The van der Waals surface area contributed by atoms with Crippen LogP contribution in [0.3, 0.4) is 0 Å². The SMILES string of the molecule is N#Cc1ccc(Sc2nnnn2C2CCCC2)c(N)c1. The number of hydrogen-bond acceptors (Lipinski definition) is 6. The lowest BCUT2D eigenvalue weighted by Gasteiger charge is -2.11. The van der Waals surface area contributed by atoms with E-state index in [1.807, 2.05) is 10.7 Å². The molecule has 0 amide bonds. The standard InChI is InChI=1S/C13H14N6S/c14-8-9-5-6-12(11(15)7-9)20-13-16-17-18-19(13)10-3-1-2-4-10/h5-7,10H,1-4,15H2. The van der Waals surface area contributed by atoms with Crippen molar-refractivity contribution in [3.63, 3.8) is 0 Å². The Labute approximate surface area is 121 Å². The molecule has 0 bridgehead atoms. The van der Waals surface area contributed by atoms with E-state index in [1.54, 1.807) is 12.1 Å². The number of nitrogens with two attached hydrogens (primary N) is 1. The summed E-state index contributed by atoms with van der Waals surface area (Å²) >= 11 is 1.45. The first-order valence-corrected chi connectivity index (χ1v) is 7.35. The zero-order chi connectivity index (χ0) is 13.9. The Hall–Kier alpha value is -2.07. The van der Waals surface area contributed by atoms with Gasteiger partial charge in [0.25, 0.3) is 0 Å². The second kappa shape index (κ2) is 5.51. The molecule has 20 heavy (non-hydrogen) atoms. The fraction of sp³-hybridized carbons (Fsp3) is 0.385. The zero-order valence-corrected chi connectivity index (χ0v) is 11.7. The fourth-order valence-electron chi connectivity index (χ4n) is 2.44. The maximum absolute atomic E-state index is 8.85. The number of nitriles is 1. The molecule has 2 N–H and O–H groups in total. The van der Waals surface area contributed by atoms with Crippen molar-refractivity contribution in [2.75, 3.05) is 5.73 Å². The third-order valence-electron chi connectivity index (χ3n) is 3.47. The van der Waals surface area contributed by atoms with Gasteiger partial charge in [-0.2, -0.15) is 5.26 Å². The predicted octanol–water partition coefficient (Wildman–Crippen LogP) is 2.39. The number of hydrogen-bond donors (Lipinski definition) is 1. The van der Waals surface area contributed by atoms with Crippen molar-refractivity contribution in [3.05, 3.63) is 23.8 Å². The predicted molar refractivity (Wildman–Crippen MR) is 75.0 cm³/mol. The first kappa shape index (κ1) is 12.9. The van der Waals surface area contributed by atoms with Gasteiger partial charge in [-0.1, -0.05) is 12.8 Å². The van der Waals surface area contributed by atoms with Crippen molar-refractivity contribution in [3.8, 4) is 6.07 Å². The highest BCUT2D eigenvalue weighted by molar-refractivity contribution is 7.99. The van der Waals surface area contributed by atoms with Gasteiger partial charge in [-0.05, 0) is 53.2 Å². The second-order valence-electron chi connectivity index (χ2n) is 4.81. The van der Waals surface area contributed by atoms with Crippen LogP contribution in [0, 0.1) is 11.3 Å². The molecule has 1 heterocycles. The Morgan fingerprint density at radius 1 is 1.35 bits per heavy atom. The maximum atomic E-state index is 8.85. The van der Waals surface area contributed by atoms with Crippen LogP contribution in [0.1, 0.15) is 37.3 Å². The molecule has 7 heteroatoms. The molecule has 0 atom stereocenters. The van der Waals surface area contributed by atoms with E-state index in [2.05, 4.69) is 21.6 Å². The summed E-state index contributed by atoms with van der Waals surface area (Å²) in [5, 5.41) is 21.6. The molecule has 0 radical (unpaired) electrons. The number of anilines is 1. The smallest absolute Gasteiger partial charge is 0.214 e. The van der Waals surface area contributed by atoms with Crippen molar-refractivity contribution in [1.82, 2.24) is 20.2 Å². The number of nitrogens with zero attached hydrogens (tertiary/aromatic N) is 5. The second-order valence-corrected chi connectivity index (χ2v) is 5.82. The summed E-state index contributed by atoms with van der Waals surface area (Å²) in [5.41, 5.74) is 7.10. The highest BCUT2D eigenvalue weighted by Crippen LogP contribution is 2.35. The van der Waals surface area contributed by atoms with Gasteiger partial charge in [0, 0.05) is 10.6 Å². The lowest BCUT2D eigenvalue weighted by Crippen LogP contribution is -2.08. The summed E-state index contributed by atoms with van der Waals surface area (Å²) in [6, 6.07) is 7.74. The van der Waals surface area contributed by atoms with E-state index in [0.717, 1.165) is 22.9 Å². The Balaban J connectivity index is 1.85. The number of benzene rings is 1. The van der Waals surface area contributed by atoms with Crippen molar-refractivity contribution < 1.29 is 0 Å². The molecule has 0 saturated heterocycles. The van der Waals surface area contributed by atoms with Crippen molar-refractivity contribution in [2.45, 2.75) is 41.8 Å². The molecule has 1 aromatic carbocycles. The van der Waals surface area contributed by atoms with Gasteiger partial charge in [0.2, 0.25) is 5.16 Å². The molecule has 0 aliphatic heterocycles. The van der Waals surface area contributed by atoms with Crippen molar-refractivity contribution >= 4 is 17.4 Å². The third-order valence-corrected chi connectivity index (χ3v) is 4.52. The topological polar surface area (TPSA) is 93.4 Å². The summed E-state index contributed by atoms with van der Waals surface area (Å²) in [5.74, 6) is 0. The highest BCUT2D eigenvalue weighted by Gasteiger charge is 2.22. The highest BCUT2D eigenvalue weighted by atomic mass is 32.2. The molecule has 2 aromatic rings. The van der Waals surface area contributed by atoms with Gasteiger partial charge < -0.3 is 5.73 Å². The Kier molecular flexibility index (Phi) is 3.56. The third kappa shape index (κ3) is 2.47. The Bertz CT molecular complexity index is 653. The van der Waals surface area contributed by atoms with Crippen LogP contribution in [-0.4, -0.2) is 20.2 Å². The monoisotopic (exact) mass is 286 g/mol. The fourth-order valence-corrected chi connectivity index (χ4v) is 3.31. The molecule has 0 spiro atoms. The van der Waals surface area contributed by atoms with E-state index in [1.165, 1.54) is 24.6 Å². The van der Waals surface area contributed by atoms with Crippen LogP contribution in [0.4, 0.5) is 5.69 Å². The number of rotatable bonds is 3. The van der Waals surface area contributed by atoms with E-state index in [4.69, 9.17) is 11.0 Å². The molecule has 3 rings (SSSR count). The van der Waals surface area contributed by atoms with Gasteiger partial charge in [0.15, 0.2) is 0 Å². The van der Waals surface area contributed by atoms with Gasteiger partial charge in [-0.3, -0.25) is 0 Å². The largest absolute Gasteiger partial charge is 0.398 e. The van der Waals surface area contributed by atoms with Gasteiger partial charge in [0.05, 0.1) is 17.7 Å². The van der Waals surface area contributed by atoms with E-state index in [9.17, 15) is 0 Å². The first-order valence-electron chi connectivity index (χ1n) is 6.53. The van der Waals surface area contributed by atoms with Crippen molar-refractivity contribution in [2.24, 2.45) is 0 Å². The summed E-state index contributed by atoms with van der Waals surface area (Å²) < 4.78 is 1.90. The van der Waals surface area contributed by atoms with E-state index >= 15 is 0 Å². The molecule has 102 valence electrons. The quantitative estimate of drug-likeness (QED) is 0.871. The Morgan fingerprint density at radius 2 is 2.15 bits per heavy atom. The molecule has 1 aliphatic carbocycles. The minimum Gasteiger partial charge on any atom is -0.398 e. The van der Waals surface area contributed by atoms with Gasteiger partial charge in [0.1, 0.15) is 0 Å². The van der Waals surface area contributed by atoms with Crippen LogP contribution in [0.2, 0.25) is 0 Å². The molecule has 0 unspecified atom stereocenters. The molecule has 1 aliphatic rings. The molecular formula is C13H14N6S. The van der Waals surface area contributed by atoms with Crippen molar-refractivity contribution in [1.29, 1.82) is 5.26 Å². The molecular weight excluding hydrogens is 272 g/mol. The number of aromatic nitrogens is 4. The summed E-state index contributed by atoms with van der Waals surface area (Å²) in [6.07, 6.45) is 4.71. The minimum atomic E-state index is 0.395. The Morgan fingerprint density at radius 3 is 2.85 bits per heavy atom. The van der Waals surface area contributed by atoms with E-state index in [-0.39, 0.29) is 0 Å². The average Bonchev–Trinajstić information content (AvgIpc) is 3.11. The van der Waals surface area contributed by atoms with Crippen LogP contribution in [0.25, 0.3) is 0 Å². The molecule has 6 nitrogen and oxygen atoms in total. The first-order chi connectivity index (χ1) is 9.78. The molecule has 1 fully saturated rings. The van der Waals surface area contributed by atoms with Gasteiger partial charge in [-0.15, -0.1) is 5.10 Å². The van der Waals surface area contributed by atoms with Crippen LogP contribution in [0.15, 0.2) is 28.3 Å². The summed E-state index contributed by atoms with van der Waals surface area (Å²) in [6.45, 7) is 0. The normalized spacial score (nSPS) is 15.3. The number of nitrogen functional groups attached to an aromatic ring is 1. The lowest BCUT2D eigenvalue weighted by atomic mass is 10.2. The van der Waals surface area contributed by atoms with E-state index in [0.29, 0.717) is 17.3 Å². The van der Waals surface area contributed by atoms with Gasteiger partial charge >= 0.3 is 0 Å². The van der Waals surface area contributed by atoms with Crippen LogP contribution < -0.4 is 5.73 Å². The molecule has 1 aromatic heterocycles. The minimum absolute atomic E-state index is 0.395. The van der Waals surface area contributed by atoms with E-state index < -0.39 is 0 Å². The van der Waals surface area contributed by atoms with Crippen LogP contribution >= 0.6 is 11.8 Å². The van der Waals surface area contributed by atoms with Crippen LogP contribution in [-0.2, 0) is 0 Å².